The Labute approximate surface area is 135 Å². The number of carbonyl (C=O) groups excluding carboxylic acids is 2. The largest absolute Gasteiger partial charge is 0.465 e. The monoisotopic (exact) mass is 480 g/mol. The van der Waals surface area contributed by atoms with Crippen LogP contribution in [0, 0.1) is 0 Å². The second-order valence-corrected chi connectivity index (χ2v) is 7.31. The molecule has 1 aliphatic rings. The molecule has 0 radical (unpaired) electrons. The van der Waals surface area contributed by atoms with Crippen LogP contribution in [0.2, 0.25) is 0 Å². The number of rotatable bonds is 3. The average molecular weight is 480 g/mol. The number of hydrogen-bond acceptors (Lipinski definition) is 4. The molecule has 0 N–H and O–H groups in total. The molecule has 0 aromatic heterocycles. The normalized spacial score (nSPS) is 29.7. The van der Waals surface area contributed by atoms with Crippen molar-refractivity contribution in [1.29, 1.82) is 0 Å². The van der Waals surface area contributed by atoms with Gasteiger partial charge in [0.15, 0.2) is 0 Å². The molecule has 1 rings (SSSR count). The van der Waals surface area contributed by atoms with Crippen LogP contribution in [0.5, 0.6) is 0 Å². The number of carbonyl (C=O) groups is 2. The van der Waals surface area contributed by atoms with Gasteiger partial charge in [0.05, 0.1) is 6.61 Å². The maximum absolute atomic E-state index is 12.1. The Bertz CT molecular complexity index is 308. The van der Waals surface area contributed by atoms with Crippen LogP contribution in [-0.4, -0.2) is 32.5 Å². The van der Waals surface area contributed by atoms with E-state index in [1.807, 2.05) is 6.92 Å². The third-order valence-corrected chi connectivity index (χ3v) is 5.27. The predicted octanol–water partition coefficient (Wildman–Crippen LogP) is 3.03. The Kier molecular flexibility index (Phi) is 7.19. The van der Waals surface area contributed by atoms with Crippen LogP contribution in [0.4, 0.5) is 0 Å². The minimum atomic E-state index is -0.561. The molecule has 18 heavy (non-hydrogen) atoms. The highest BCUT2D eigenvalue weighted by molar-refractivity contribution is 14.1. The van der Waals surface area contributed by atoms with Crippen molar-refractivity contribution in [2.45, 2.75) is 48.6 Å². The summed E-state index contributed by atoms with van der Waals surface area (Å²) in [6.07, 6.45) is 3.17. The smallest absolute Gasteiger partial charge is 0.322 e. The molecule has 0 saturated carbocycles. The maximum atomic E-state index is 12.1. The zero-order valence-electron chi connectivity index (χ0n) is 10.4. The number of halogens is 2. The Morgan fingerprint density at radius 3 is 2.89 bits per heavy atom. The topological polar surface area (TPSA) is 52.6 Å². The SMILES string of the molecule is CCOC(=O)C1(I)CCCCC(=O)OC(CI)C1. The Hall–Kier alpha value is 0.400. The molecular weight excluding hydrogens is 462 g/mol. The first-order valence-corrected chi connectivity index (χ1v) is 8.74. The first-order valence-electron chi connectivity index (χ1n) is 6.13. The average Bonchev–Trinajstić information content (AvgIpc) is 2.40. The van der Waals surface area contributed by atoms with Crippen molar-refractivity contribution < 1.29 is 19.1 Å². The van der Waals surface area contributed by atoms with Crippen molar-refractivity contribution in [2.75, 3.05) is 11.0 Å². The molecule has 0 aromatic carbocycles. The highest BCUT2D eigenvalue weighted by Crippen LogP contribution is 2.35. The van der Waals surface area contributed by atoms with Gasteiger partial charge in [-0.15, -0.1) is 0 Å². The van der Waals surface area contributed by atoms with Crippen LogP contribution in [0.25, 0.3) is 0 Å². The summed E-state index contributed by atoms with van der Waals surface area (Å²) in [6, 6.07) is 0. The van der Waals surface area contributed by atoms with Crippen molar-refractivity contribution in [3.63, 3.8) is 0 Å². The summed E-state index contributed by atoms with van der Waals surface area (Å²) in [5.74, 6) is -0.334. The number of hydrogen-bond donors (Lipinski definition) is 0. The van der Waals surface area contributed by atoms with Gasteiger partial charge in [0, 0.05) is 17.3 Å². The lowest BCUT2D eigenvalue weighted by molar-refractivity contribution is -0.152. The molecule has 104 valence electrons. The first-order chi connectivity index (χ1) is 8.51. The molecule has 0 amide bonds. The van der Waals surface area contributed by atoms with Crippen LogP contribution >= 0.6 is 45.2 Å². The second kappa shape index (κ2) is 7.86. The van der Waals surface area contributed by atoms with Gasteiger partial charge in [-0.1, -0.05) is 51.6 Å². The van der Waals surface area contributed by atoms with Crippen LogP contribution in [0.3, 0.4) is 0 Å². The first kappa shape index (κ1) is 16.5. The van der Waals surface area contributed by atoms with E-state index in [9.17, 15) is 9.59 Å². The van der Waals surface area contributed by atoms with E-state index in [1.54, 1.807) is 0 Å². The highest BCUT2D eigenvalue weighted by atomic mass is 127. The molecule has 6 heteroatoms. The van der Waals surface area contributed by atoms with E-state index in [0.29, 0.717) is 23.9 Å². The third kappa shape index (κ3) is 4.82. The standard InChI is InChI=1S/C12H18I2O4/c1-2-17-11(16)12(14)6-4-3-5-10(15)18-9(7-12)8-13/h9H,2-8H2,1H3. The van der Waals surface area contributed by atoms with Gasteiger partial charge in [-0.3, -0.25) is 9.59 Å². The van der Waals surface area contributed by atoms with Crippen LogP contribution < -0.4 is 0 Å². The lowest BCUT2D eigenvalue weighted by Gasteiger charge is -2.27. The number of esters is 2. The summed E-state index contributed by atoms with van der Waals surface area (Å²) >= 11 is 4.36. The summed E-state index contributed by atoms with van der Waals surface area (Å²) in [4.78, 5) is 23.6. The highest BCUT2D eigenvalue weighted by Gasteiger charge is 2.40. The third-order valence-electron chi connectivity index (χ3n) is 2.87. The predicted molar refractivity (Wildman–Crippen MR) is 85.2 cm³/mol. The lowest BCUT2D eigenvalue weighted by Crippen LogP contribution is -2.38. The summed E-state index contributed by atoms with van der Waals surface area (Å²) in [6.45, 7) is 2.20. The molecule has 1 saturated heterocycles. The molecule has 2 atom stereocenters. The molecule has 0 spiro atoms. The van der Waals surface area contributed by atoms with Gasteiger partial charge in [0.2, 0.25) is 0 Å². The van der Waals surface area contributed by atoms with Crippen molar-refractivity contribution in [2.24, 2.45) is 0 Å². The molecule has 0 aliphatic carbocycles. The fraction of sp³-hybridized carbons (Fsp3) is 0.833. The summed E-state index contributed by atoms with van der Waals surface area (Å²) in [5, 5.41) is 0. The van der Waals surface area contributed by atoms with Crippen LogP contribution in [-0.2, 0) is 19.1 Å². The molecule has 1 heterocycles. The number of alkyl halides is 2. The second-order valence-electron chi connectivity index (χ2n) is 4.36. The Morgan fingerprint density at radius 2 is 2.28 bits per heavy atom. The van der Waals surface area contributed by atoms with Gasteiger partial charge in [-0.05, 0) is 19.8 Å². The summed E-state index contributed by atoms with van der Waals surface area (Å²) < 4.78 is 10.7. The van der Waals surface area contributed by atoms with Gasteiger partial charge < -0.3 is 9.47 Å². The van der Waals surface area contributed by atoms with E-state index >= 15 is 0 Å². The molecular formula is C12H18I2O4. The van der Waals surface area contributed by atoms with Gasteiger partial charge >= 0.3 is 11.9 Å². The van der Waals surface area contributed by atoms with E-state index in [1.165, 1.54) is 0 Å². The molecule has 2 unspecified atom stereocenters. The summed E-state index contributed by atoms with van der Waals surface area (Å²) in [7, 11) is 0. The van der Waals surface area contributed by atoms with Crippen molar-refractivity contribution in [3.8, 4) is 0 Å². The molecule has 1 fully saturated rings. The van der Waals surface area contributed by atoms with Gasteiger partial charge in [0.25, 0.3) is 0 Å². The quantitative estimate of drug-likeness (QED) is 0.354. The Balaban J connectivity index is 2.80. The number of cyclic esters (lactones) is 1. The summed E-state index contributed by atoms with van der Waals surface area (Å²) in [5.41, 5.74) is 0. The fourth-order valence-electron chi connectivity index (χ4n) is 1.96. The van der Waals surface area contributed by atoms with Crippen LogP contribution in [0.15, 0.2) is 0 Å². The van der Waals surface area contributed by atoms with Gasteiger partial charge in [0.1, 0.15) is 9.53 Å². The van der Waals surface area contributed by atoms with Gasteiger partial charge in [-0.25, -0.2) is 0 Å². The zero-order chi connectivity index (χ0) is 13.6. The Morgan fingerprint density at radius 1 is 1.56 bits per heavy atom. The minimum absolute atomic E-state index is 0.152. The molecule has 0 aromatic rings. The van der Waals surface area contributed by atoms with Gasteiger partial charge in [-0.2, -0.15) is 0 Å². The van der Waals surface area contributed by atoms with Crippen molar-refractivity contribution in [3.05, 3.63) is 0 Å². The lowest BCUT2D eigenvalue weighted by atomic mass is 9.96. The van der Waals surface area contributed by atoms with E-state index < -0.39 is 3.42 Å². The van der Waals surface area contributed by atoms with Crippen molar-refractivity contribution in [1.82, 2.24) is 0 Å². The molecule has 4 nitrogen and oxygen atoms in total. The number of ether oxygens (including phenoxy) is 2. The zero-order valence-corrected chi connectivity index (χ0v) is 14.7. The van der Waals surface area contributed by atoms with E-state index in [4.69, 9.17) is 9.47 Å². The maximum Gasteiger partial charge on any atom is 0.322 e. The van der Waals surface area contributed by atoms with E-state index in [-0.39, 0.29) is 18.0 Å². The van der Waals surface area contributed by atoms with Crippen LogP contribution in [0.1, 0.15) is 39.0 Å². The van der Waals surface area contributed by atoms with Crippen molar-refractivity contribution >= 4 is 57.1 Å². The molecule has 0 bridgehead atoms. The molecule has 1 aliphatic heterocycles. The minimum Gasteiger partial charge on any atom is -0.465 e. The van der Waals surface area contributed by atoms with E-state index in [2.05, 4.69) is 45.2 Å². The van der Waals surface area contributed by atoms with E-state index in [0.717, 1.165) is 19.3 Å². The fourth-order valence-corrected chi connectivity index (χ4v) is 3.48.